The fourth-order valence-electron chi connectivity index (χ4n) is 1.77. The lowest BCUT2D eigenvalue weighted by Gasteiger charge is -1.94. The minimum atomic E-state index is -1.44. The molecule has 0 spiro atoms. The number of halogens is 1. The molecular formula is C22H35BFN3O5. The summed E-state index contributed by atoms with van der Waals surface area (Å²) in [5.74, 6) is 0.655. The van der Waals surface area contributed by atoms with Gasteiger partial charge in [0.2, 0.25) is 12.5 Å². The number of nitrogens with zero attached hydrogens (tertiary/aromatic N) is 1. The Morgan fingerprint density at radius 3 is 1.75 bits per heavy atom. The number of nitrogens with one attached hydrogen (secondary N) is 2. The Morgan fingerprint density at radius 1 is 1.12 bits per heavy atom. The molecule has 1 aliphatic heterocycles. The summed E-state index contributed by atoms with van der Waals surface area (Å²) in [6.07, 6.45) is 0.982. The van der Waals surface area contributed by atoms with Gasteiger partial charge in [-0.05, 0) is 18.1 Å². The zero-order valence-electron chi connectivity index (χ0n) is 18.9. The van der Waals surface area contributed by atoms with Crippen molar-refractivity contribution in [3.8, 4) is 0 Å². The molecule has 1 aliphatic rings. The van der Waals surface area contributed by atoms with Gasteiger partial charge in [-0.25, -0.2) is 4.39 Å². The van der Waals surface area contributed by atoms with Crippen molar-refractivity contribution in [1.29, 1.82) is 0 Å². The van der Waals surface area contributed by atoms with Crippen LogP contribution < -0.4 is 10.6 Å². The van der Waals surface area contributed by atoms with Crippen LogP contribution in [-0.4, -0.2) is 54.1 Å². The molecule has 10 heteroatoms. The highest BCUT2D eigenvalue weighted by Gasteiger charge is 2.23. The summed E-state index contributed by atoms with van der Waals surface area (Å²) in [5.41, 5.74) is 0. The largest absolute Gasteiger partial charge is 0.472 e. The summed E-state index contributed by atoms with van der Waals surface area (Å²) in [6, 6.07) is 19.6. The van der Waals surface area contributed by atoms with E-state index in [1.54, 1.807) is 18.2 Å². The quantitative estimate of drug-likeness (QED) is 0.245. The Kier molecular flexibility index (Phi) is 22.4. The first kappa shape index (κ1) is 31.4. The smallest absolute Gasteiger partial charge is 0.426 e. The molecule has 0 bridgehead atoms. The first-order valence-corrected chi connectivity index (χ1v) is 10.3. The molecule has 1 fully saturated rings. The van der Waals surface area contributed by atoms with Gasteiger partial charge in [0.1, 0.15) is 5.82 Å². The number of amides is 1. The fourth-order valence-corrected chi connectivity index (χ4v) is 1.77. The third-order valence-electron chi connectivity index (χ3n) is 3.12. The van der Waals surface area contributed by atoms with Gasteiger partial charge in [-0.15, -0.1) is 0 Å². The minimum Gasteiger partial charge on any atom is -0.426 e. The van der Waals surface area contributed by atoms with Crippen molar-refractivity contribution in [3.63, 3.8) is 0 Å². The van der Waals surface area contributed by atoms with Gasteiger partial charge in [-0.1, -0.05) is 75.4 Å². The molecule has 0 saturated carbocycles. The molecule has 2 aromatic carbocycles. The van der Waals surface area contributed by atoms with E-state index in [1.165, 1.54) is 12.1 Å². The van der Waals surface area contributed by atoms with E-state index in [4.69, 9.17) is 10.0 Å². The molecule has 178 valence electrons. The van der Waals surface area contributed by atoms with Crippen molar-refractivity contribution < 1.29 is 24.2 Å². The molecule has 8 nitrogen and oxygen atoms in total. The highest BCUT2D eigenvalue weighted by molar-refractivity contribution is 6.41. The average Bonchev–Trinajstić information content (AvgIpc) is 3.30. The van der Waals surface area contributed by atoms with Gasteiger partial charge in [0.05, 0.1) is 13.0 Å². The fraction of sp³-hybridized carbons (Fsp3) is 0.409. The number of carbonyl (C=O) groups excluding carboxylic acids is 1. The molecule has 0 aromatic heterocycles. The lowest BCUT2D eigenvalue weighted by Crippen LogP contribution is -2.29. The van der Waals surface area contributed by atoms with E-state index in [9.17, 15) is 19.3 Å². The normalized spacial score (nSPS) is 13.3. The molecule has 1 unspecified atom stereocenters. The molecule has 1 heterocycles. The Hall–Kier alpha value is -2.82. The Labute approximate surface area is 190 Å². The van der Waals surface area contributed by atoms with Crippen LogP contribution in [-0.2, 0) is 4.79 Å². The Morgan fingerprint density at radius 2 is 1.56 bits per heavy atom. The highest BCUT2D eigenvalue weighted by Crippen LogP contribution is 1.99. The molecule has 2 aromatic rings. The third-order valence-corrected chi connectivity index (χ3v) is 3.12. The van der Waals surface area contributed by atoms with Crippen LogP contribution in [0.5, 0.6) is 0 Å². The molecule has 0 radical (unpaired) electrons. The van der Waals surface area contributed by atoms with E-state index >= 15 is 0 Å². The maximum absolute atomic E-state index is 11.9. The van der Waals surface area contributed by atoms with E-state index in [2.05, 4.69) is 31.4 Å². The minimum absolute atomic E-state index is 0.108. The summed E-state index contributed by atoms with van der Waals surface area (Å²) in [4.78, 5) is 19.1. The van der Waals surface area contributed by atoms with Gasteiger partial charge in [0, 0.05) is 17.9 Å². The van der Waals surface area contributed by atoms with Crippen LogP contribution in [0.25, 0.3) is 0 Å². The summed E-state index contributed by atoms with van der Waals surface area (Å²) < 4.78 is 11.9. The topological polar surface area (TPSA) is 125 Å². The molecule has 32 heavy (non-hydrogen) atoms. The number of hydrogen-bond donors (Lipinski definition) is 4. The molecular weight excluding hydrogens is 416 g/mol. The van der Waals surface area contributed by atoms with Crippen molar-refractivity contribution in [2.75, 3.05) is 19.5 Å². The van der Waals surface area contributed by atoms with E-state index in [1.807, 2.05) is 36.4 Å². The highest BCUT2D eigenvalue weighted by atomic mass is 19.1. The monoisotopic (exact) mass is 451 g/mol. The number of hydrogen-bond acceptors (Lipinski definition) is 6. The average molecular weight is 451 g/mol. The van der Waals surface area contributed by atoms with Crippen LogP contribution in [0.1, 0.15) is 27.2 Å². The molecule has 3 rings (SSSR count). The van der Waals surface area contributed by atoms with Crippen molar-refractivity contribution in [2.45, 2.75) is 33.2 Å². The van der Waals surface area contributed by atoms with Gasteiger partial charge in [-0.2, -0.15) is 0 Å². The molecule has 1 saturated heterocycles. The van der Waals surface area contributed by atoms with Crippen LogP contribution in [0.2, 0.25) is 0 Å². The van der Waals surface area contributed by atoms with E-state index in [0.717, 1.165) is 12.5 Å². The predicted octanol–water partition coefficient (Wildman–Crippen LogP) is 2.54. The lowest BCUT2D eigenvalue weighted by molar-refractivity contribution is -0.517. The number of nitro groups is 1. The van der Waals surface area contributed by atoms with E-state index < -0.39 is 7.12 Å². The van der Waals surface area contributed by atoms with Gasteiger partial charge in [0.15, 0.2) is 0 Å². The van der Waals surface area contributed by atoms with Crippen molar-refractivity contribution in [2.24, 2.45) is 5.92 Å². The van der Waals surface area contributed by atoms with Gasteiger partial charge in [0.25, 0.3) is 0 Å². The second kappa shape index (κ2) is 22.9. The summed E-state index contributed by atoms with van der Waals surface area (Å²) in [5, 5.41) is 31.0. The molecule has 1 atom stereocenters. The zero-order valence-corrected chi connectivity index (χ0v) is 18.9. The third kappa shape index (κ3) is 27.2. The van der Waals surface area contributed by atoms with Gasteiger partial charge in [-0.3, -0.25) is 14.9 Å². The summed E-state index contributed by atoms with van der Waals surface area (Å²) in [7, 11) is -1.44. The van der Waals surface area contributed by atoms with Gasteiger partial charge < -0.3 is 20.7 Å². The van der Waals surface area contributed by atoms with Crippen LogP contribution in [0.15, 0.2) is 66.7 Å². The SMILES string of the molecule is CC(C)C.Fc1ccccc1.O=CNCB(O)O.O=[N+]([O-])C1CCNC1.c1ccccc1. The maximum Gasteiger partial charge on any atom is 0.472 e. The van der Waals surface area contributed by atoms with Crippen LogP contribution in [0.3, 0.4) is 0 Å². The first-order valence-electron chi connectivity index (χ1n) is 10.3. The summed E-state index contributed by atoms with van der Waals surface area (Å²) in [6.45, 7) is 7.85. The number of benzene rings is 2. The van der Waals surface area contributed by atoms with E-state index in [-0.39, 0.29) is 23.2 Å². The van der Waals surface area contributed by atoms with Crippen LogP contribution in [0, 0.1) is 21.8 Å². The zero-order chi connectivity index (χ0) is 24.6. The van der Waals surface area contributed by atoms with Crippen LogP contribution >= 0.6 is 0 Å². The lowest BCUT2D eigenvalue weighted by atomic mass is 9.93. The molecule has 1 amide bonds. The number of carbonyl (C=O) groups is 1. The summed E-state index contributed by atoms with van der Waals surface area (Å²) >= 11 is 0. The predicted molar refractivity (Wildman–Crippen MR) is 126 cm³/mol. The second-order valence-electron chi connectivity index (χ2n) is 7.12. The Balaban J connectivity index is 0. The van der Waals surface area contributed by atoms with Crippen molar-refractivity contribution in [1.82, 2.24) is 10.6 Å². The first-order chi connectivity index (χ1) is 15.2. The molecule has 0 aliphatic carbocycles. The number of rotatable bonds is 4. The second-order valence-corrected chi connectivity index (χ2v) is 7.12. The van der Waals surface area contributed by atoms with Crippen molar-refractivity contribution >= 4 is 13.5 Å². The van der Waals surface area contributed by atoms with Crippen LogP contribution in [0.4, 0.5) is 4.39 Å². The van der Waals surface area contributed by atoms with Gasteiger partial charge >= 0.3 is 7.12 Å². The standard InChI is InChI=1S/C6H5F.C6H6.C4H8N2O2.C4H10.C2H6BNO3/c7-6-4-2-1-3-5-6;1-2-4-6-5-3-1;7-6(8)4-1-2-5-3-4;1-4(2)3;5-2-4-1-3(6)7/h1-5H;1-6H;4-5H,1-3H2;4H,1-3H3;2,6-7H,1H2,(H,4,5). The Bertz CT molecular complexity index is 632. The van der Waals surface area contributed by atoms with E-state index in [0.29, 0.717) is 19.4 Å². The maximum atomic E-state index is 11.9. The van der Waals surface area contributed by atoms with Crippen molar-refractivity contribution in [3.05, 3.63) is 82.7 Å². The molecule has 4 N–H and O–H groups in total.